The molecule has 0 spiro atoms. The summed E-state index contributed by atoms with van der Waals surface area (Å²) in [5.74, 6) is 0.579. The second-order valence-electron chi connectivity index (χ2n) is 3.68. The van der Waals surface area contributed by atoms with Gasteiger partial charge in [-0.05, 0) is 40.5 Å². The zero-order chi connectivity index (χ0) is 12.3. The highest BCUT2D eigenvalue weighted by Gasteiger charge is 2.05. The van der Waals surface area contributed by atoms with Crippen LogP contribution in [0.4, 0.5) is 0 Å². The van der Waals surface area contributed by atoms with Crippen molar-refractivity contribution < 1.29 is 4.74 Å². The molecule has 0 saturated carbocycles. The number of aryl methyl sites for hydroxylation is 1. The van der Waals surface area contributed by atoms with Crippen molar-refractivity contribution in [3.63, 3.8) is 0 Å². The molecule has 0 amide bonds. The fourth-order valence-corrected chi connectivity index (χ4v) is 2.16. The Hall–Kier alpha value is -1.06. The summed E-state index contributed by atoms with van der Waals surface area (Å²) < 4.78 is 6.47. The Morgan fingerprint density at radius 3 is 2.82 bits per heavy atom. The monoisotopic (exact) mass is 311 g/mol. The van der Waals surface area contributed by atoms with Gasteiger partial charge >= 0.3 is 0 Å². The molecule has 1 aromatic carbocycles. The number of halogens is 2. The molecule has 0 aliphatic rings. The van der Waals surface area contributed by atoms with Crippen LogP contribution >= 0.6 is 27.5 Å². The van der Waals surface area contributed by atoms with Crippen molar-refractivity contribution in [3.8, 4) is 5.88 Å². The lowest BCUT2D eigenvalue weighted by atomic mass is 10.2. The van der Waals surface area contributed by atoms with Crippen LogP contribution in [0.15, 0.2) is 41.0 Å². The van der Waals surface area contributed by atoms with E-state index in [9.17, 15) is 0 Å². The fraction of sp³-hybridized carbons (Fsp3) is 0.154. The second kappa shape index (κ2) is 5.52. The highest BCUT2D eigenvalue weighted by atomic mass is 79.9. The largest absolute Gasteiger partial charge is 0.472 e. The average Bonchev–Trinajstić information content (AvgIpc) is 2.30. The first-order valence-corrected chi connectivity index (χ1v) is 6.32. The molecule has 1 heterocycles. The van der Waals surface area contributed by atoms with Crippen molar-refractivity contribution >= 4 is 27.5 Å². The number of benzene rings is 1. The maximum absolute atomic E-state index is 6.04. The second-order valence-corrected chi connectivity index (χ2v) is 4.94. The van der Waals surface area contributed by atoms with E-state index in [1.165, 1.54) is 0 Å². The zero-order valence-electron chi connectivity index (χ0n) is 9.28. The Labute approximate surface area is 114 Å². The summed E-state index contributed by atoms with van der Waals surface area (Å²) in [6.45, 7) is 2.39. The van der Waals surface area contributed by atoms with Crippen LogP contribution in [0.1, 0.15) is 11.1 Å². The normalized spacial score (nSPS) is 10.3. The molecule has 0 unspecified atom stereocenters. The van der Waals surface area contributed by atoms with Gasteiger partial charge in [0.25, 0.3) is 0 Å². The van der Waals surface area contributed by atoms with E-state index in [0.29, 0.717) is 17.5 Å². The van der Waals surface area contributed by atoms with Gasteiger partial charge in [0.05, 0.1) is 4.47 Å². The fourth-order valence-electron chi connectivity index (χ4n) is 1.39. The number of hydrogen-bond donors (Lipinski definition) is 0. The molecule has 0 aliphatic carbocycles. The molecule has 0 saturated heterocycles. The van der Waals surface area contributed by atoms with Gasteiger partial charge in [0.15, 0.2) is 0 Å². The number of ether oxygens (including phenoxy) is 1. The third-order valence-corrected chi connectivity index (χ3v) is 3.20. The Morgan fingerprint density at radius 1 is 1.35 bits per heavy atom. The van der Waals surface area contributed by atoms with Crippen LogP contribution in [0.2, 0.25) is 5.02 Å². The van der Waals surface area contributed by atoms with E-state index in [0.717, 1.165) is 15.6 Å². The SMILES string of the molecule is Cc1cnc(OCc2ccccc2Cl)c(Br)c1. The molecule has 0 N–H and O–H groups in total. The summed E-state index contributed by atoms with van der Waals surface area (Å²) >= 11 is 9.46. The van der Waals surface area contributed by atoms with Crippen molar-refractivity contribution in [3.05, 3.63) is 57.2 Å². The first-order chi connectivity index (χ1) is 8.16. The van der Waals surface area contributed by atoms with E-state index < -0.39 is 0 Å². The number of aromatic nitrogens is 1. The predicted octanol–water partition coefficient (Wildman–Crippen LogP) is 4.38. The van der Waals surface area contributed by atoms with Crippen molar-refractivity contribution in [1.29, 1.82) is 0 Å². The topological polar surface area (TPSA) is 22.1 Å². The number of hydrogen-bond acceptors (Lipinski definition) is 2. The quantitative estimate of drug-likeness (QED) is 0.839. The van der Waals surface area contributed by atoms with E-state index in [1.807, 2.05) is 37.3 Å². The van der Waals surface area contributed by atoms with E-state index in [-0.39, 0.29) is 0 Å². The Morgan fingerprint density at radius 2 is 2.12 bits per heavy atom. The van der Waals surface area contributed by atoms with Gasteiger partial charge in [0.2, 0.25) is 5.88 Å². The van der Waals surface area contributed by atoms with Gasteiger partial charge in [-0.1, -0.05) is 29.8 Å². The van der Waals surface area contributed by atoms with Crippen LogP contribution in [-0.4, -0.2) is 4.98 Å². The van der Waals surface area contributed by atoms with Gasteiger partial charge < -0.3 is 4.74 Å². The molecule has 17 heavy (non-hydrogen) atoms. The van der Waals surface area contributed by atoms with Gasteiger partial charge in [-0.25, -0.2) is 4.98 Å². The van der Waals surface area contributed by atoms with Crippen LogP contribution in [0.5, 0.6) is 5.88 Å². The molecular weight excluding hydrogens is 302 g/mol. The van der Waals surface area contributed by atoms with Crippen molar-refractivity contribution in [2.45, 2.75) is 13.5 Å². The van der Waals surface area contributed by atoms with Crippen LogP contribution in [0.3, 0.4) is 0 Å². The van der Waals surface area contributed by atoms with Gasteiger partial charge in [-0.3, -0.25) is 0 Å². The molecule has 0 radical (unpaired) electrons. The predicted molar refractivity (Wildman–Crippen MR) is 72.5 cm³/mol. The summed E-state index contributed by atoms with van der Waals surface area (Å²) in [4.78, 5) is 4.21. The summed E-state index contributed by atoms with van der Waals surface area (Å²) in [6, 6.07) is 9.57. The highest BCUT2D eigenvalue weighted by Crippen LogP contribution is 2.24. The van der Waals surface area contributed by atoms with Gasteiger partial charge in [0, 0.05) is 16.8 Å². The van der Waals surface area contributed by atoms with Gasteiger partial charge in [0.1, 0.15) is 6.61 Å². The molecule has 0 aliphatic heterocycles. The third-order valence-electron chi connectivity index (χ3n) is 2.27. The molecule has 1 aromatic heterocycles. The minimum Gasteiger partial charge on any atom is -0.472 e. The van der Waals surface area contributed by atoms with Crippen molar-refractivity contribution in [1.82, 2.24) is 4.98 Å². The first kappa shape index (κ1) is 12.4. The molecule has 0 fully saturated rings. The lowest BCUT2D eigenvalue weighted by Crippen LogP contribution is -1.98. The Balaban J connectivity index is 2.10. The van der Waals surface area contributed by atoms with Crippen LogP contribution in [0.25, 0.3) is 0 Å². The lowest BCUT2D eigenvalue weighted by molar-refractivity contribution is 0.292. The standard InChI is InChI=1S/C13H11BrClNO/c1-9-6-11(14)13(16-7-9)17-8-10-4-2-3-5-12(10)15/h2-7H,8H2,1H3. The van der Waals surface area contributed by atoms with E-state index >= 15 is 0 Å². The Bertz CT molecular complexity index is 531. The number of rotatable bonds is 3. The molecule has 2 rings (SSSR count). The molecule has 0 bridgehead atoms. The van der Waals surface area contributed by atoms with E-state index in [2.05, 4.69) is 20.9 Å². The molecule has 2 aromatic rings. The van der Waals surface area contributed by atoms with Crippen LogP contribution in [0, 0.1) is 6.92 Å². The van der Waals surface area contributed by atoms with Crippen molar-refractivity contribution in [2.24, 2.45) is 0 Å². The van der Waals surface area contributed by atoms with Crippen molar-refractivity contribution in [2.75, 3.05) is 0 Å². The van der Waals surface area contributed by atoms with E-state index in [4.69, 9.17) is 16.3 Å². The number of nitrogens with zero attached hydrogens (tertiary/aromatic N) is 1. The Kier molecular flexibility index (Phi) is 4.02. The van der Waals surface area contributed by atoms with Crippen LogP contribution < -0.4 is 4.74 Å². The first-order valence-electron chi connectivity index (χ1n) is 5.15. The summed E-state index contributed by atoms with van der Waals surface area (Å²) in [7, 11) is 0. The maximum Gasteiger partial charge on any atom is 0.228 e. The average molecular weight is 313 g/mol. The van der Waals surface area contributed by atoms with Gasteiger partial charge in [-0.15, -0.1) is 0 Å². The molecule has 88 valence electrons. The lowest BCUT2D eigenvalue weighted by Gasteiger charge is -2.08. The van der Waals surface area contributed by atoms with Crippen LogP contribution in [-0.2, 0) is 6.61 Å². The minimum atomic E-state index is 0.411. The summed E-state index contributed by atoms with van der Waals surface area (Å²) in [5, 5.41) is 0.704. The summed E-state index contributed by atoms with van der Waals surface area (Å²) in [6.07, 6.45) is 1.77. The summed E-state index contributed by atoms with van der Waals surface area (Å²) in [5.41, 5.74) is 2.03. The molecular formula is C13H11BrClNO. The molecule has 2 nitrogen and oxygen atoms in total. The number of pyridine rings is 1. The minimum absolute atomic E-state index is 0.411. The highest BCUT2D eigenvalue weighted by molar-refractivity contribution is 9.10. The molecule has 0 atom stereocenters. The third kappa shape index (κ3) is 3.20. The van der Waals surface area contributed by atoms with E-state index in [1.54, 1.807) is 6.20 Å². The zero-order valence-corrected chi connectivity index (χ0v) is 11.6. The maximum atomic E-state index is 6.04. The molecule has 4 heteroatoms. The smallest absolute Gasteiger partial charge is 0.228 e. The van der Waals surface area contributed by atoms with Gasteiger partial charge in [-0.2, -0.15) is 0 Å².